The van der Waals surface area contributed by atoms with Gasteiger partial charge in [0.05, 0.1) is 10.1 Å². The fraction of sp³-hybridized carbons (Fsp3) is 0.571. The van der Waals surface area contributed by atoms with Crippen LogP contribution >= 0.6 is 15.9 Å². The first-order valence-corrected chi connectivity index (χ1v) is 7.03. The minimum absolute atomic E-state index is 0.0995. The maximum atomic E-state index is 13.6. The van der Waals surface area contributed by atoms with Crippen molar-refractivity contribution in [1.29, 1.82) is 0 Å². The highest BCUT2D eigenvalue weighted by Gasteiger charge is 2.28. The Morgan fingerprint density at radius 1 is 1.44 bits per heavy atom. The summed E-state index contributed by atoms with van der Waals surface area (Å²) in [5, 5.41) is 3.43. The van der Waals surface area contributed by atoms with Crippen molar-refractivity contribution in [3.8, 4) is 0 Å². The van der Waals surface area contributed by atoms with Crippen molar-refractivity contribution in [1.82, 2.24) is 0 Å². The van der Waals surface area contributed by atoms with Crippen LogP contribution in [0.25, 0.3) is 0 Å². The third-order valence-electron chi connectivity index (χ3n) is 3.32. The molecule has 0 aromatic heterocycles. The van der Waals surface area contributed by atoms with Gasteiger partial charge in [0.2, 0.25) is 0 Å². The lowest BCUT2D eigenvalue weighted by Gasteiger charge is -2.36. The molecule has 2 rings (SSSR count). The van der Waals surface area contributed by atoms with E-state index >= 15 is 0 Å². The molecule has 1 unspecified atom stereocenters. The summed E-state index contributed by atoms with van der Waals surface area (Å²) in [7, 11) is 0. The average Bonchev–Trinajstić information content (AvgIpc) is 2.24. The molecule has 1 aromatic rings. The summed E-state index contributed by atoms with van der Waals surface area (Å²) in [6.07, 6.45) is 1.89. The Hall–Kier alpha value is -0.610. The standard InChI is InChI=1S/C14H19BrFNO/c1-9-6-11(15)12(16)7-13(9)17-10-4-5-18-14(2,3)8-10/h6-7,10,17H,4-5,8H2,1-3H3. The molecular formula is C14H19BrFNO. The number of aryl methyl sites for hydroxylation is 1. The Kier molecular flexibility index (Phi) is 3.97. The monoisotopic (exact) mass is 315 g/mol. The summed E-state index contributed by atoms with van der Waals surface area (Å²) < 4.78 is 19.8. The number of hydrogen-bond donors (Lipinski definition) is 1. The van der Waals surface area contributed by atoms with E-state index in [2.05, 4.69) is 35.1 Å². The van der Waals surface area contributed by atoms with Crippen LogP contribution in [-0.4, -0.2) is 18.2 Å². The highest BCUT2D eigenvalue weighted by molar-refractivity contribution is 9.10. The Labute approximate surface area is 116 Å². The highest BCUT2D eigenvalue weighted by atomic mass is 79.9. The molecule has 0 radical (unpaired) electrons. The fourth-order valence-corrected chi connectivity index (χ4v) is 2.83. The SMILES string of the molecule is Cc1cc(Br)c(F)cc1NC1CCOC(C)(C)C1. The summed E-state index contributed by atoms with van der Waals surface area (Å²) in [5.41, 5.74) is 1.82. The van der Waals surface area contributed by atoms with Gasteiger partial charge in [0.1, 0.15) is 5.82 Å². The van der Waals surface area contributed by atoms with Gasteiger partial charge in [-0.3, -0.25) is 0 Å². The summed E-state index contributed by atoms with van der Waals surface area (Å²) in [5.74, 6) is -0.227. The first kappa shape index (κ1) is 13.8. The normalized spacial score (nSPS) is 22.8. The third-order valence-corrected chi connectivity index (χ3v) is 3.93. The second-order valence-electron chi connectivity index (χ2n) is 5.52. The Morgan fingerprint density at radius 3 is 2.83 bits per heavy atom. The lowest BCUT2D eigenvalue weighted by Crippen LogP contribution is -2.40. The van der Waals surface area contributed by atoms with Crippen molar-refractivity contribution < 1.29 is 9.13 Å². The maximum Gasteiger partial charge on any atom is 0.139 e. The van der Waals surface area contributed by atoms with Crippen molar-refractivity contribution in [2.75, 3.05) is 11.9 Å². The predicted octanol–water partition coefficient (Wildman–Crippen LogP) is 4.27. The topological polar surface area (TPSA) is 21.3 Å². The number of benzene rings is 1. The summed E-state index contributed by atoms with van der Waals surface area (Å²) in [4.78, 5) is 0. The molecule has 1 aromatic carbocycles. The molecule has 0 saturated carbocycles. The molecule has 4 heteroatoms. The van der Waals surface area contributed by atoms with Gasteiger partial charge in [0.15, 0.2) is 0 Å². The van der Waals surface area contributed by atoms with Crippen LogP contribution in [-0.2, 0) is 4.74 Å². The van der Waals surface area contributed by atoms with Gasteiger partial charge in [0, 0.05) is 18.3 Å². The number of ether oxygens (including phenoxy) is 1. The van der Waals surface area contributed by atoms with E-state index < -0.39 is 0 Å². The van der Waals surface area contributed by atoms with Crippen LogP contribution in [0.1, 0.15) is 32.3 Å². The number of nitrogens with one attached hydrogen (secondary N) is 1. The van der Waals surface area contributed by atoms with E-state index in [0.29, 0.717) is 10.5 Å². The van der Waals surface area contributed by atoms with Gasteiger partial charge in [-0.25, -0.2) is 4.39 Å². The number of halogens is 2. The molecule has 100 valence electrons. The average molecular weight is 316 g/mol. The van der Waals surface area contributed by atoms with Crippen LogP contribution in [0, 0.1) is 12.7 Å². The largest absolute Gasteiger partial charge is 0.382 e. The van der Waals surface area contributed by atoms with E-state index in [-0.39, 0.29) is 11.4 Å². The molecular weight excluding hydrogens is 297 g/mol. The van der Waals surface area contributed by atoms with Gasteiger partial charge >= 0.3 is 0 Å². The zero-order valence-corrected chi connectivity index (χ0v) is 12.6. The molecule has 1 saturated heterocycles. The van der Waals surface area contributed by atoms with Gasteiger partial charge in [-0.05, 0) is 67.2 Å². The molecule has 1 atom stereocenters. The van der Waals surface area contributed by atoms with Crippen LogP contribution in [0.5, 0.6) is 0 Å². The predicted molar refractivity (Wildman–Crippen MR) is 75.5 cm³/mol. The minimum Gasteiger partial charge on any atom is -0.382 e. The summed E-state index contributed by atoms with van der Waals surface area (Å²) in [6.45, 7) is 6.92. The smallest absolute Gasteiger partial charge is 0.139 e. The van der Waals surface area contributed by atoms with Crippen molar-refractivity contribution in [2.45, 2.75) is 45.3 Å². The number of rotatable bonds is 2. The lowest BCUT2D eigenvalue weighted by molar-refractivity contribution is -0.0553. The minimum atomic E-state index is -0.227. The molecule has 0 bridgehead atoms. The highest BCUT2D eigenvalue weighted by Crippen LogP contribution is 2.29. The Morgan fingerprint density at radius 2 is 2.17 bits per heavy atom. The zero-order chi connectivity index (χ0) is 13.3. The Balaban J connectivity index is 2.12. The molecule has 1 heterocycles. The second kappa shape index (κ2) is 5.17. The molecule has 1 N–H and O–H groups in total. The van der Waals surface area contributed by atoms with E-state index in [1.807, 2.05) is 13.0 Å². The zero-order valence-electron chi connectivity index (χ0n) is 11.0. The van der Waals surface area contributed by atoms with Crippen LogP contribution in [0.2, 0.25) is 0 Å². The first-order valence-electron chi connectivity index (χ1n) is 6.23. The van der Waals surface area contributed by atoms with Gasteiger partial charge in [-0.1, -0.05) is 0 Å². The van der Waals surface area contributed by atoms with Crippen molar-refractivity contribution in [3.63, 3.8) is 0 Å². The van der Waals surface area contributed by atoms with Gasteiger partial charge in [-0.2, -0.15) is 0 Å². The second-order valence-corrected chi connectivity index (χ2v) is 6.38. The molecule has 18 heavy (non-hydrogen) atoms. The molecule has 1 aliphatic heterocycles. The molecule has 1 fully saturated rings. The van der Waals surface area contributed by atoms with Crippen molar-refractivity contribution in [3.05, 3.63) is 28.0 Å². The van der Waals surface area contributed by atoms with E-state index in [9.17, 15) is 4.39 Å². The van der Waals surface area contributed by atoms with Crippen molar-refractivity contribution in [2.24, 2.45) is 0 Å². The summed E-state index contributed by atoms with van der Waals surface area (Å²) >= 11 is 3.20. The van der Waals surface area contributed by atoms with Gasteiger partial charge < -0.3 is 10.1 Å². The molecule has 0 amide bonds. The summed E-state index contributed by atoms with van der Waals surface area (Å²) in [6, 6.07) is 3.71. The molecule has 2 nitrogen and oxygen atoms in total. The van der Waals surface area contributed by atoms with Gasteiger partial charge in [0.25, 0.3) is 0 Å². The quantitative estimate of drug-likeness (QED) is 0.880. The third kappa shape index (κ3) is 3.23. The van der Waals surface area contributed by atoms with Crippen LogP contribution < -0.4 is 5.32 Å². The number of anilines is 1. The molecule has 0 spiro atoms. The van der Waals surface area contributed by atoms with Gasteiger partial charge in [-0.15, -0.1) is 0 Å². The van der Waals surface area contributed by atoms with E-state index in [1.165, 1.54) is 0 Å². The Bertz CT molecular complexity index is 448. The van der Waals surface area contributed by atoms with E-state index in [0.717, 1.165) is 30.7 Å². The lowest BCUT2D eigenvalue weighted by atomic mass is 9.93. The van der Waals surface area contributed by atoms with Crippen LogP contribution in [0.15, 0.2) is 16.6 Å². The van der Waals surface area contributed by atoms with Crippen LogP contribution in [0.4, 0.5) is 10.1 Å². The molecule has 0 aliphatic carbocycles. The maximum absolute atomic E-state index is 13.6. The van der Waals surface area contributed by atoms with E-state index in [1.54, 1.807) is 6.07 Å². The van der Waals surface area contributed by atoms with Crippen molar-refractivity contribution >= 4 is 21.6 Å². The fourth-order valence-electron chi connectivity index (χ4n) is 2.38. The number of hydrogen-bond acceptors (Lipinski definition) is 2. The van der Waals surface area contributed by atoms with Crippen LogP contribution in [0.3, 0.4) is 0 Å². The van der Waals surface area contributed by atoms with E-state index in [4.69, 9.17) is 4.74 Å². The first-order chi connectivity index (χ1) is 8.37. The molecule has 1 aliphatic rings.